The highest BCUT2D eigenvalue weighted by atomic mass is 32.2. The number of aromatic hydroxyl groups is 2. The van der Waals surface area contributed by atoms with Crippen LogP contribution in [0.2, 0.25) is 0 Å². The Bertz CT molecular complexity index is 733. The zero-order chi connectivity index (χ0) is 14.2. The van der Waals surface area contributed by atoms with Gasteiger partial charge in [-0.25, -0.2) is 8.42 Å². The van der Waals surface area contributed by atoms with Crippen LogP contribution in [-0.4, -0.2) is 18.6 Å². The van der Waals surface area contributed by atoms with E-state index in [-0.39, 0.29) is 4.90 Å². The summed E-state index contributed by atoms with van der Waals surface area (Å²) in [5.74, 6) is -0.866. The SMILES string of the molecule is Cc1ccccc1S(=O)(=O)c1c(O)ccc(C)c1O. The minimum Gasteiger partial charge on any atom is -0.506 e. The van der Waals surface area contributed by atoms with Crippen molar-refractivity contribution < 1.29 is 18.6 Å². The maximum absolute atomic E-state index is 12.5. The van der Waals surface area contributed by atoms with E-state index in [0.717, 1.165) is 0 Å². The van der Waals surface area contributed by atoms with Gasteiger partial charge in [0, 0.05) is 0 Å². The topological polar surface area (TPSA) is 74.6 Å². The number of rotatable bonds is 2. The summed E-state index contributed by atoms with van der Waals surface area (Å²) in [5.41, 5.74) is 0.952. The highest BCUT2D eigenvalue weighted by Crippen LogP contribution is 2.38. The van der Waals surface area contributed by atoms with Gasteiger partial charge in [-0.1, -0.05) is 24.3 Å². The van der Waals surface area contributed by atoms with Gasteiger partial charge in [-0.2, -0.15) is 0 Å². The molecule has 0 saturated heterocycles. The van der Waals surface area contributed by atoms with Crippen LogP contribution in [0.5, 0.6) is 11.5 Å². The fraction of sp³-hybridized carbons (Fsp3) is 0.143. The highest BCUT2D eigenvalue weighted by Gasteiger charge is 2.27. The van der Waals surface area contributed by atoms with E-state index in [9.17, 15) is 18.6 Å². The van der Waals surface area contributed by atoms with Crippen molar-refractivity contribution in [3.05, 3.63) is 47.5 Å². The van der Waals surface area contributed by atoms with Crippen molar-refractivity contribution in [2.24, 2.45) is 0 Å². The van der Waals surface area contributed by atoms with Gasteiger partial charge in [-0.15, -0.1) is 0 Å². The molecular formula is C14H14O4S. The quantitative estimate of drug-likeness (QED) is 0.885. The van der Waals surface area contributed by atoms with E-state index in [4.69, 9.17) is 0 Å². The molecule has 2 aromatic rings. The Morgan fingerprint density at radius 2 is 1.53 bits per heavy atom. The summed E-state index contributed by atoms with van der Waals surface area (Å²) in [4.78, 5) is -0.368. The van der Waals surface area contributed by atoms with Gasteiger partial charge >= 0.3 is 0 Å². The van der Waals surface area contributed by atoms with Crippen LogP contribution in [0.3, 0.4) is 0 Å². The van der Waals surface area contributed by atoms with Crippen molar-refractivity contribution in [2.45, 2.75) is 23.6 Å². The molecule has 0 amide bonds. The van der Waals surface area contributed by atoms with Crippen LogP contribution in [0.4, 0.5) is 0 Å². The van der Waals surface area contributed by atoms with Crippen molar-refractivity contribution in [3.8, 4) is 11.5 Å². The predicted octanol–water partition coefficient (Wildman–Crippen LogP) is 2.55. The second-order valence-electron chi connectivity index (χ2n) is 4.35. The van der Waals surface area contributed by atoms with Gasteiger partial charge in [0.25, 0.3) is 0 Å². The molecule has 5 heteroatoms. The largest absolute Gasteiger partial charge is 0.506 e. The fourth-order valence-corrected chi connectivity index (χ4v) is 3.62. The number of phenolic OH excluding ortho intramolecular Hbond substituents is 2. The van der Waals surface area contributed by atoms with Gasteiger partial charge in [0.1, 0.15) is 11.5 Å². The van der Waals surface area contributed by atoms with E-state index >= 15 is 0 Å². The minimum absolute atomic E-state index is 0.0752. The maximum atomic E-state index is 12.5. The van der Waals surface area contributed by atoms with Crippen LogP contribution < -0.4 is 0 Å². The summed E-state index contributed by atoms with van der Waals surface area (Å²) in [6.45, 7) is 3.24. The first-order valence-electron chi connectivity index (χ1n) is 5.68. The second-order valence-corrected chi connectivity index (χ2v) is 6.20. The van der Waals surface area contributed by atoms with Gasteiger partial charge in [0.2, 0.25) is 9.84 Å². The Balaban J connectivity index is 2.79. The second kappa shape index (κ2) is 4.59. The molecular weight excluding hydrogens is 264 g/mol. The number of phenols is 2. The third-order valence-corrected chi connectivity index (χ3v) is 4.94. The Labute approximate surface area is 111 Å². The summed E-state index contributed by atoms with van der Waals surface area (Å²) < 4.78 is 25.1. The summed E-state index contributed by atoms with van der Waals surface area (Å²) in [6, 6.07) is 9.17. The summed E-state index contributed by atoms with van der Waals surface area (Å²) >= 11 is 0. The minimum atomic E-state index is -3.95. The normalized spacial score (nSPS) is 11.5. The van der Waals surface area contributed by atoms with Crippen LogP contribution in [0.25, 0.3) is 0 Å². The van der Waals surface area contributed by atoms with Crippen LogP contribution in [0.15, 0.2) is 46.2 Å². The number of sulfone groups is 1. The standard InChI is InChI=1S/C14H14O4S/c1-9-5-3-4-6-12(9)19(17,18)14-11(15)8-7-10(2)13(14)16/h3-8,15-16H,1-2H3. The summed E-state index contributed by atoms with van der Waals surface area (Å²) in [6.07, 6.45) is 0. The Kier molecular flexibility index (Phi) is 3.24. The first kappa shape index (κ1) is 13.4. The van der Waals surface area contributed by atoms with Crippen molar-refractivity contribution in [1.82, 2.24) is 0 Å². The third-order valence-electron chi connectivity index (χ3n) is 2.96. The molecule has 2 rings (SSSR count). The molecule has 0 aromatic heterocycles. The van der Waals surface area contributed by atoms with Crippen LogP contribution in [0.1, 0.15) is 11.1 Å². The van der Waals surface area contributed by atoms with Crippen LogP contribution in [0, 0.1) is 13.8 Å². The van der Waals surface area contributed by atoms with Crippen molar-refractivity contribution >= 4 is 9.84 Å². The van der Waals surface area contributed by atoms with Crippen molar-refractivity contribution in [3.63, 3.8) is 0 Å². The molecule has 0 aliphatic heterocycles. The zero-order valence-electron chi connectivity index (χ0n) is 10.6. The van der Waals surface area contributed by atoms with Crippen LogP contribution >= 0.6 is 0 Å². The monoisotopic (exact) mass is 278 g/mol. The molecule has 0 radical (unpaired) electrons. The lowest BCUT2D eigenvalue weighted by Crippen LogP contribution is -2.05. The molecule has 0 unspecified atom stereocenters. The average Bonchev–Trinajstić information content (AvgIpc) is 2.34. The molecule has 19 heavy (non-hydrogen) atoms. The van der Waals surface area contributed by atoms with Gasteiger partial charge in [-0.05, 0) is 37.1 Å². The first-order chi connectivity index (χ1) is 8.85. The van der Waals surface area contributed by atoms with E-state index in [1.165, 1.54) is 18.2 Å². The van der Waals surface area contributed by atoms with Gasteiger partial charge in [0.05, 0.1) is 4.90 Å². The molecule has 0 spiro atoms. The van der Waals surface area contributed by atoms with Crippen LogP contribution in [-0.2, 0) is 9.84 Å². The van der Waals surface area contributed by atoms with Gasteiger partial charge in [0.15, 0.2) is 4.90 Å². The van der Waals surface area contributed by atoms with E-state index < -0.39 is 26.2 Å². The van der Waals surface area contributed by atoms with Gasteiger partial charge < -0.3 is 10.2 Å². The molecule has 0 aliphatic carbocycles. The lowest BCUT2D eigenvalue weighted by molar-refractivity contribution is 0.420. The Morgan fingerprint density at radius 3 is 2.16 bits per heavy atom. The maximum Gasteiger partial charge on any atom is 0.214 e. The number of benzene rings is 2. The molecule has 0 fully saturated rings. The lowest BCUT2D eigenvalue weighted by Gasteiger charge is -2.12. The van der Waals surface area contributed by atoms with E-state index in [2.05, 4.69) is 0 Å². The fourth-order valence-electron chi connectivity index (χ4n) is 1.89. The average molecular weight is 278 g/mol. The predicted molar refractivity (Wildman–Crippen MR) is 71.1 cm³/mol. The molecule has 2 aromatic carbocycles. The number of hydrogen-bond donors (Lipinski definition) is 2. The molecule has 0 bridgehead atoms. The van der Waals surface area contributed by atoms with E-state index in [1.807, 2.05) is 0 Å². The van der Waals surface area contributed by atoms with Crippen molar-refractivity contribution in [2.75, 3.05) is 0 Å². The smallest absolute Gasteiger partial charge is 0.214 e. The number of aryl methyl sites for hydroxylation is 2. The van der Waals surface area contributed by atoms with Gasteiger partial charge in [-0.3, -0.25) is 0 Å². The van der Waals surface area contributed by atoms with Crippen molar-refractivity contribution in [1.29, 1.82) is 0 Å². The molecule has 2 N–H and O–H groups in total. The van der Waals surface area contributed by atoms with E-state index in [0.29, 0.717) is 11.1 Å². The number of hydrogen-bond acceptors (Lipinski definition) is 4. The molecule has 0 aliphatic rings. The summed E-state index contributed by atoms with van der Waals surface area (Å²) in [7, 11) is -3.95. The molecule has 0 atom stereocenters. The summed E-state index contributed by atoms with van der Waals surface area (Å²) in [5, 5.41) is 19.7. The zero-order valence-corrected chi connectivity index (χ0v) is 11.4. The lowest BCUT2D eigenvalue weighted by atomic mass is 10.2. The molecule has 4 nitrogen and oxygen atoms in total. The molecule has 0 heterocycles. The molecule has 0 saturated carbocycles. The molecule has 100 valence electrons. The Hall–Kier alpha value is -2.01. The Morgan fingerprint density at radius 1 is 0.895 bits per heavy atom. The van der Waals surface area contributed by atoms with E-state index in [1.54, 1.807) is 32.0 Å². The highest BCUT2D eigenvalue weighted by molar-refractivity contribution is 7.91. The third kappa shape index (κ3) is 2.17. The first-order valence-corrected chi connectivity index (χ1v) is 7.16.